The molecule has 122 valence electrons. The summed E-state index contributed by atoms with van der Waals surface area (Å²) in [5.41, 5.74) is 4.22. The maximum Gasteiger partial charge on any atom is 0.415 e. The molecule has 0 saturated carbocycles. The predicted molar refractivity (Wildman–Crippen MR) is 88.6 cm³/mol. The Labute approximate surface area is 139 Å². The number of aromatic nitrogens is 1. The molecule has 2 atom stereocenters. The van der Waals surface area contributed by atoms with Gasteiger partial charge in [-0.3, -0.25) is 14.7 Å². The molecule has 0 spiro atoms. The van der Waals surface area contributed by atoms with E-state index in [2.05, 4.69) is 16.4 Å². The quantitative estimate of drug-likeness (QED) is 0.939. The molecule has 1 aromatic carbocycles. The van der Waals surface area contributed by atoms with Crippen LogP contribution >= 0.6 is 0 Å². The van der Waals surface area contributed by atoms with Gasteiger partial charge >= 0.3 is 6.09 Å². The largest absolute Gasteiger partial charge is 0.442 e. The molecule has 6 heteroatoms. The molecule has 4 rings (SSSR count). The smallest absolute Gasteiger partial charge is 0.415 e. The number of pyridine rings is 1. The fourth-order valence-electron chi connectivity index (χ4n) is 3.42. The number of rotatable bonds is 3. The third kappa shape index (κ3) is 2.40. The van der Waals surface area contributed by atoms with E-state index in [1.807, 2.05) is 24.3 Å². The lowest BCUT2D eigenvalue weighted by Gasteiger charge is -2.16. The van der Waals surface area contributed by atoms with Gasteiger partial charge in [0.25, 0.3) is 0 Å². The highest BCUT2D eigenvalue weighted by atomic mass is 16.6. The van der Waals surface area contributed by atoms with Gasteiger partial charge in [-0.1, -0.05) is 6.07 Å². The minimum absolute atomic E-state index is 0.0629. The highest BCUT2D eigenvalue weighted by Crippen LogP contribution is 2.40. The number of hydrogen-bond acceptors (Lipinski definition) is 4. The van der Waals surface area contributed by atoms with Crippen molar-refractivity contribution in [3.8, 4) is 11.1 Å². The molecule has 6 nitrogen and oxygen atoms in total. The molecule has 0 aliphatic carbocycles. The second kappa shape index (κ2) is 5.63. The molecule has 0 radical (unpaired) electrons. The first-order valence-corrected chi connectivity index (χ1v) is 7.91. The van der Waals surface area contributed by atoms with Crippen molar-refractivity contribution in [2.75, 3.05) is 11.4 Å². The Morgan fingerprint density at radius 2 is 2.08 bits per heavy atom. The predicted octanol–water partition coefficient (Wildman–Crippen LogP) is 2.13. The number of nitrogens with one attached hydrogen (secondary N) is 1. The van der Waals surface area contributed by atoms with E-state index in [4.69, 9.17) is 4.74 Å². The van der Waals surface area contributed by atoms with Crippen LogP contribution in [0.1, 0.15) is 12.5 Å². The van der Waals surface area contributed by atoms with Crippen LogP contribution < -0.4 is 10.2 Å². The third-order valence-corrected chi connectivity index (χ3v) is 4.54. The molecule has 1 N–H and O–H groups in total. The van der Waals surface area contributed by atoms with Gasteiger partial charge in [0.2, 0.25) is 5.91 Å². The SMILES string of the molecule is CC(=O)NC[C@@H]1OC(=O)N2c3ccc(-c4ccncc4)cc3C[C@@H]12. The highest BCUT2D eigenvalue weighted by molar-refractivity contribution is 5.94. The van der Waals surface area contributed by atoms with Crippen LogP contribution in [0, 0.1) is 0 Å². The minimum atomic E-state index is -0.342. The number of ether oxygens (including phenoxy) is 1. The van der Waals surface area contributed by atoms with Crippen molar-refractivity contribution < 1.29 is 14.3 Å². The van der Waals surface area contributed by atoms with Gasteiger partial charge in [-0.05, 0) is 47.4 Å². The van der Waals surface area contributed by atoms with Crippen LogP contribution in [0.25, 0.3) is 11.1 Å². The van der Waals surface area contributed by atoms with E-state index in [1.165, 1.54) is 6.92 Å². The zero-order valence-electron chi connectivity index (χ0n) is 13.2. The molecule has 2 amide bonds. The molecule has 24 heavy (non-hydrogen) atoms. The first kappa shape index (κ1) is 14.7. The lowest BCUT2D eigenvalue weighted by atomic mass is 10.0. The fourth-order valence-corrected chi connectivity index (χ4v) is 3.42. The standard InChI is InChI=1S/C18H17N3O3/c1-11(22)20-10-17-16-9-14-8-13(12-4-6-19-7-5-12)2-3-15(14)21(16)18(23)24-17/h2-8,16-17H,9-10H2,1H3,(H,20,22)/t16-,17-/m0/s1. The third-order valence-electron chi connectivity index (χ3n) is 4.54. The Hall–Kier alpha value is -2.89. The van der Waals surface area contributed by atoms with Gasteiger partial charge in [0.05, 0.1) is 18.3 Å². The topological polar surface area (TPSA) is 71.5 Å². The van der Waals surface area contributed by atoms with Gasteiger partial charge in [0.15, 0.2) is 0 Å². The van der Waals surface area contributed by atoms with Gasteiger partial charge in [-0.25, -0.2) is 4.79 Å². The summed E-state index contributed by atoms with van der Waals surface area (Å²) in [7, 11) is 0. The lowest BCUT2D eigenvalue weighted by molar-refractivity contribution is -0.119. The van der Waals surface area contributed by atoms with Crippen molar-refractivity contribution in [1.82, 2.24) is 10.3 Å². The highest BCUT2D eigenvalue weighted by Gasteiger charge is 2.47. The molecule has 2 aliphatic rings. The molecule has 2 aliphatic heterocycles. The summed E-state index contributed by atoms with van der Waals surface area (Å²) in [6.45, 7) is 1.80. The Morgan fingerprint density at radius 3 is 2.83 bits per heavy atom. The first-order chi connectivity index (χ1) is 11.6. The number of benzene rings is 1. The van der Waals surface area contributed by atoms with Crippen molar-refractivity contribution in [2.24, 2.45) is 0 Å². The second-order valence-corrected chi connectivity index (χ2v) is 6.08. The molecule has 1 fully saturated rings. The number of hydrogen-bond donors (Lipinski definition) is 1. The van der Waals surface area contributed by atoms with Crippen molar-refractivity contribution in [1.29, 1.82) is 0 Å². The summed E-state index contributed by atoms with van der Waals surface area (Å²) in [5.74, 6) is -0.125. The van der Waals surface area contributed by atoms with Crippen LogP contribution in [-0.4, -0.2) is 35.7 Å². The number of fused-ring (bicyclic) bond motifs is 3. The van der Waals surface area contributed by atoms with E-state index in [1.54, 1.807) is 17.3 Å². The van der Waals surface area contributed by atoms with Gasteiger partial charge in [-0.2, -0.15) is 0 Å². The number of carbonyl (C=O) groups excluding carboxylic acids is 2. The van der Waals surface area contributed by atoms with Crippen molar-refractivity contribution in [2.45, 2.75) is 25.5 Å². The summed E-state index contributed by atoms with van der Waals surface area (Å²) >= 11 is 0. The van der Waals surface area contributed by atoms with E-state index in [-0.39, 0.29) is 24.1 Å². The maximum absolute atomic E-state index is 12.2. The molecule has 1 aromatic heterocycles. The van der Waals surface area contributed by atoms with E-state index in [0.717, 1.165) is 28.8 Å². The Balaban J connectivity index is 1.62. The van der Waals surface area contributed by atoms with Crippen molar-refractivity contribution in [3.05, 3.63) is 48.3 Å². The summed E-state index contributed by atoms with van der Waals surface area (Å²) in [6.07, 6.45) is 3.59. The molecule has 3 heterocycles. The maximum atomic E-state index is 12.2. The molecule has 1 saturated heterocycles. The Morgan fingerprint density at radius 1 is 1.29 bits per heavy atom. The van der Waals surface area contributed by atoms with E-state index >= 15 is 0 Å². The molecule has 0 bridgehead atoms. The Kier molecular flexibility index (Phi) is 3.45. The summed E-state index contributed by atoms with van der Waals surface area (Å²) < 4.78 is 5.41. The number of amides is 2. The number of anilines is 1. The van der Waals surface area contributed by atoms with Crippen molar-refractivity contribution in [3.63, 3.8) is 0 Å². The zero-order chi connectivity index (χ0) is 16.7. The van der Waals surface area contributed by atoms with Gasteiger partial charge in [-0.15, -0.1) is 0 Å². The fraction of sp³-hybridized carbons (Fsp3) is 0.278. The van der Waals surface area contributed by atoms with Crippen LogP contribution in [0.4, 0.5) is 10.5 Å². The van der Waals surface area contributed by atoms with Crippen LogP contribution in [0.5, 0.6) is 0 Å². The average molecular weight is 323 g/mol. The number of carbonyl (C=O) groups is 2. The normalized spacial score (nSPS) is 21.2. The Bertz CT molecular complexity index is 806. The van der Waals surface area contributed by atoms with Crippen LogP contribution in [0.15, 0.2) is 42.7 Å². The summed E-state index contributed by atoms with van der Waals surface area (Å²) in [5, 5.41) is 2.73. The molecule has 0 unspecified atom stereocenters. The van der Waals surface area contributed by atoms with Gasteiger partial charge in [0.1, 0.15) is 6.10 Å². The first-order valence-electron chi connectivity index (χ1n) is 7.91. The van der Waals surface area contributed by atoms with Crippen LogP contribution in [0.2, 0.25) is 0 Å². The lowest BCUT2D eigenvalue weighted by Crippen LogP contribution is -2.40. The van der Waals surface area contributed by atoms with E-state index in [9.17, 15) is 9.59 Å². The van der Waals surface area contributed by atoms with Crippen LogP contribution in [-0.2, 0) is 16.0 Å². The summed E-state index contributed by atoms with van der Waals surface area (Å²) in [6, 6.07) is 9.95. The molecular weight excluding hydrogens is 306 g/mol. The zero-order valence-corrected chi connectivity index (χ0v) is 13.2. The molecular formula is C18H17N3O3. The summed E-state index contributed by atoms with van der Waals surface area (Å²) in [4.78, 5) is 29.1. The monoisotopic (exact) mass is 323 g/mol. The van der Waals surface area contributed by atoms with Crippen LogP contribution in [0.3, 0.4) is 0 Å². The number of cyclic esters (lactones) is 1. The van der Waals surface area contributed by atoms with E-state index in [0.29, 0.717) is 6.54 Å². The van der Waals surface area contributed by atoms with E-state index < -0.39 is 0 Å². The van der Waals surface area contributed by atoms with Gasteiger partial charge in [0, 0.05) is 19.3 Å². The van der Waals surface area contributed by atoms with Gasteiger partial charge < -0.3 is 10.1 Å². The van der Waals surface area contributed by atoms with Crippen molar-refractivity contribution >= 4 is 17.7 Å². The average Bonchev–Trinajstić information content (AvgIpc) is 3.11. The number of nitrogens with zero attached hydrogens (tertiary/aromatic N) is 2. The second-order valence-electron chi connectivity index (χ2n) is 6.08. The minimum Gasteiger partial charge on any atom is -0.442 e. The molecule has 2 aromatic rings.